The molecule has 1 fully saturated rings. The Hall–Kier alpha value is -3.31. The standard InChI is InChI=1S/C27H37N7O3S/c1-8-19(36-6)14-29-25-30-15(2)21(24-32-22-16(3)28-12-11-20(22)38-24)23(33-25)31-18-10-9-17(13-18)27(4,5)34-26(35)37-7/h8,11-12,17-19H,1,9-10,13-14H2,2-7H3,(H,34,35)(H2,29,30,31,33)/t17-,18+,19-/m1/s1. The third-order valence-corrected chi connectivity index (χ3v) is 8.26. The topological polar surface area (TPSA) is 123 Å². The van der Waals surface area contributed by atoms with E-state index in [1.54, 1.807) is 24.5 Å². The number of ether oxygens (including phenoxy) is 2. The van der Waals surface area contributed by atoms with Gasteiger partial charge in [0.2, 0.25) is 5.95 Å². The SMILES string of the molecule is C=C[C@H](CNc1nc(C)c(-c2nc3c(C)nccc3s2)c(N[C@H]2CC[C@@H](C(C)(C)NC(=O)OC)C2)n1)OC. The third-order valence-electron chi connectivity index (χ3n) is 7.22. The summed E-state index contributed by atoms with van der Waals surface area (Å²) in [5.74, 6) is 1.54. The predicted octanol–water partition coefficient (Wildman–Crippen LogP) is 5.09. The molecule has 3 N–H and O–H groups in total. The van der Waals surface area contributed by atoms with Crippen LogP contribution in [0, 0.1) is 19.8 Å². The smallest absolute Gasteiger partial charge is 0.407 e. The van der Waals surface area contributed by atoms with Crippen LogP contribution in [0.4, 0.5) is 16.6 Å². The normalized spacial score (nSPS) is 18.3. The van der Waals surface area contributed by atoms with E-state index in [0.717, 1.165) is 57.3 Å². The summed E-state index contributed by atoms with van der Waals surface area (Å²) in [6.07, 6.45) is 5.79. The number of amides is 1. The molecular formula is C27H37N7O3S. The number of hydrogen-bond donors (Lipinski definition) is 3. The van der Waals surface area contributed by atoms with Crippen molar-refractivity contribution >= 4 is 39.4 Å². The minimum Gasteiger partial charge on any atom is -0.453 e. The van der Waals surface area contributed by atoms with Crippen LogP contribution >= 0.6 is 11.3 Å². The molecule has 3 aromatic heterocycles. The molecule has 0 saturated heterocycles. The number of carbonyl (C=O) groups excluding carboxylic acids is 1. The molecule has 10 nitrogen and oxygen atoms in total. The van der Waals surface area contributed by atoms with Gasteiger partial charge in [0.25, 0.3) is 0 Å². The molecule has 3 heterocycles. The highest BCUT2D eigenvalue weighted by Gasteiger charge is 2.38. The largest absolute Gasteiger partial charge is 0.453 e. The summed E-state index contributed by atoms with van der Waals surface area (Å²) in [5.41, 5.74) is 3.11. The van der Waals surface area contributed by atoms with E-state index in [-0.39, 0.29) is 18.1 Å². The van der Waals surface area contributed by atoms with Gasteiger partial charge in [-0.05, 0) is 58.9 Å². The number of carbonyl (C=O) groups is 1. The molecule has 4 rings (SSSR count). The number of anilines is 2. The van der Waals surface area contributed by atoms with E-state index in [1.165, 1.54) is 7.11 Å². The lowest BCUT2D eigenvalue weighted by molar-refractivity contribution is 0.147. The van der Waals surface area contributed by atoms with Crippen LogP contribution in [0.2, 0.25) is 0 Å². The maximum absolute atomic E-state index is 11.9. The Morgan fingerprint density at radius 1 is 1.24 bits per heavy atom. The summed E-state index contributed by atoms with van der Waals surface area (Å²) >= 11 is 1.61. The summed E-state index contributed by atoms with van der Waals surface area (Å²) in [5, 5.41) is 10.8. The Kier molecular flexibility index (Phi) is 8.47. The molecule has 0 aliphatic heterocycles. The van der Waals surface area contributed by atoms with Crippen molar-refractivity contribution < 1.29 is 14.3 Å². The number of thiazole rings is 1. The molecule has 38 heavy (non-hydrogen) atoms. The maximum Gasteiger partial charge on any atom is 0.407 e. The lowest BCUT2D eigenvalue weighted by atomic mass is 9.86. The molecule has 11 heteroatoms. The lowest BCUT2D eigenvalue weighted by Gasteiger charge is -2.32. The fraction of sp³-hybridized carbons (Fsp3) is 0.519. The van der Waals surface area contributed by atoms with Gasteiger partial charge in [0.05, 0.1) is 34.9 Å². The molecular weight excluding hydrogens is 502 g/mol. The molecule has 0 unspecified atom stereocenters. The number of aryl methyl sites for hydroxylation is 2. The Morgan fingerprint density at radius 2 is 2.03 bits per heavy atom. The van der Waals surface area contributed by atoms with Gasteiger partial charge < -0.3 is 25.4 Å². The summed E-state index contributed by atoms with van der Waals surface area (Å²) in [7, 11) is 3.03. The quantitative estimate of drug-likeness (QED) is 0.302. The molecule has 1 aliphatic carbocycles. The second-order valence-corrected chi connectivity index (χ2v) is 11.2. The van der Waals surface area contributed by atoms with E-state index in [1.807, 2.05) is 40.0 Å². The number of methoxy groups -OCH3 is 2. The number of aromatic nitrogens is 4. The van der Waals surface area contributed by atoms with Crippen LogP contribution in [0.1, 0.15) is 44.5 Å². The molecule has 3 atom stereocenters. The summed E-state index contributed by atoms with van der Waals surface area (Å²) in [4.78, 5) is 30.9. The van der Waals surface area contributed by atoms with Crippen LogP contribution < -0.4 is 16.0 Å². The number of rotatable bonds is 10. The van der Waals surface area contributed by atoms with Gasteiger partial charge in [0, 0.05) is 31.4 Å². The van der Waals surface area contributed by atoms with Crippen molar-refractivity contribution in [3.05, 3.63) is 36.3 Å². The van der Waals surface area contributed by atoms with Crippen molar-refractivity contribution in [1.82, 2.24) is 25.3 Å². The van der Waals surface area contributed by atoms with Gasteiger partial charge in [-0.25, -0.2) is 14.8 Å². The van der Waals surface area contributed by atoms with Crippen molar-refractivity contribution in [2.45, 2.75) is 64.6 Å². The second kappa shape index (κ2) is 11.6. The van der Waals surface area contributed by atoms with Gasteiger partial charge in [0.1, 0.15) is 16.3 Å². The second-order valence-electron chi connectivity index (χ2n) is 10.2. The zero-order valence-electron chi connectivity index (χ0n) is 22.9. The van der Waals surface area contributed by atoms with E-state index >= 15 is 0 Å². The average Bonchev–Trinajstić information content (AvgIpc) is 3.53. The highest BCUT2D eigenvalue weighted by molar-refractivity contribution is 7.21. The van der Waals surface area contributed by atoms with Gasteiger partial charge in [0.15, 0.2) is 0 Å². The zero-order chi connectivity index (χ0) is 27.4. The van der Waals surface area contributed by atoms with Gasteiger partial charge in [-0.2, -0.15) is 4.98 Å². The summed E-state index contributed by atoms with van der Waals surface area (Å²) in [6, 6.07) is 2.17. The average molecular weight is 540 g/mol. The van der Waals surface area contributed by atoms with Crippen LogP contribution in [0.5, 0.6) is 0 Å². The fourth-order valence-corrected chi connectivity index (χ4v) is 6.04. The lowest BCUT2D eigenvalue weighted by Crippen LogP contribution is -2.48. The van der Waals surface area contributed by atoms with E-state index in [9.17, 15) is 4.79 Å². The van der Waals surface area contributed by atoms with Gasteiger partial charge in [-0.3, -0.25) is 4.98 Å². The monoisotopic (exact) mass is 539 g/mol. The van der Waals surface area contributed by atoms with E-state index in [0.29, 0.717) is 12.5 Å². The summed E-state index contributed by atoms with van der Waals surface area (Å²) < 4.78 is 11.3. The van der Waals surface area contributed by atoms with Crippen LogP contribution in [0.25, 0.3) is 20.8 Å². The first kappa shape index (κ1) is 27.7. The Labute approximate surface area is 227 Å². The van der Waals surface area contributed by atoms with Crippen LogP contribution in [-0.2, 0) is 9.47 Å². The molecule has 1 amide bonds. The fourth-order valence-electron chi connectivity index (χ4n) is 4.93. The van der Waals surface area contributed by atoms with Gasteiger partial charge in [-0.15, -0.1) is 17.9 Å². The summed E-state index contributed by atoms with van der Waals surface area (Å²) in [6.45, 7) is 12.4. The predicted molar refractivity (Wildman–Crippen MR) is 152 cm³/mol. The first-order valence-electron chi connectivity index (χ1n) is 12.8. The van der Waals surface area contributed by atoms with E-state index < -0.39 is 11.6 Å². The number of pyridine rings is 1. The Bertz CT molecular complexity index is 1310. The van der Waals surface area contributed by atoms with Crippen molar-refractivity contribution in [2.75, 3.05) is 31.4 Å². The number of fused-ring (bicyclic) bond motifs is 1. The molecule has 0 radical (unpaired) electrons. The maximum atomic E-state index is 11.9. The zero-order valence-corrected chi connectivity index (χ0v) is 23.7. The van der Waals surface area contributed by atoms with Crippen LogP contribution in [0.15, 0.2) is 24.9 Å². The number of hydrogen-bond acceptors (Lipinski definition) is 10. The first-order valence-corrected chi connectivity index (χ1v) is 13.6. The minimum atomic E-state index is -0.412. The van der Waals surface area contributed by atoms with Gasteiger partial charge >= 0.3 is 6.09 Å². The molecule has 3 aromatic rings. The molecule has 1 aliphatic rings. The Balaban J connectivity index is 1.65. The number of alkyl carbamates (subject to hydrolysis) is 1. The third kappa shape index (κ3) is 6.05. The van der Waals surface area contributed by atoms with E-state index in [2.05, 4.69) is 27.5 Å². The molecule has 0 spiro atoms. The minimum absolute atomic E-state index is 0.158. The van der Waals surface area contributed by atoms with Crippen LogP contribution in [-0.4, -0.2) is 64.5 Å². The van der Waals surface area contributed by atoms with Crippen molar-refractivity contribution in [2.24, 2.45) is 5.92 Å². The highest BCUT2D eigenvalue weighted by Crippen LogP contribution is 2.40. The van der Waals surface area contributed by atoms with Crippen molar-refractivity contribution in [1.29, 1.82) is 0 Å². The Morgan fingerprint density at radius 3 is 2.71 bits per heavy atom. The van der Waals surface area contributed by atoms with E-state index in [4.69, 9.17) is 24.4 Å². The van der Waals surface area contributed by atoms with Crippen molar-refractivity contribution in [3.63, 3.8) is 0 Å². The molecule has 204 valence electrons. The van der Waals surface area contributed by atoms with Crippen molar-refractivity contribution in [3.8, 4) is 10.6 Å². The highest BCUT2D eigenvalue weighted by atomic mass is 32.1. The molecule has 1 saturated carbocycles. The number of nitrogens with zero attached hydrogens (tertiary/aromatic N) is 4. The number of nitrogens with one attached hydrogen (secondary N) is 3. The van der Waals surface area contributed by atoms with Crippen LogP contribution in [0.3, 0.4) is 0 Å². The first-order chi connectivity index (χ1) is 18.1. The molecule has 0 aromatic carbocycles. The molecule has 0 bridgehead atoms. The van der Waals surface area contributed by atoms with Gasteiger partial charge in [-0.1, -0.05) is 6.08 Å².